The van der Waals surface area contributed by atoms with E-state index in [9.17, 15) is 8.42 Å². The number of hydrogen-bond donors (Lipinski definition) is 2. The molecular weight excluding hydrogens is 188 g/mol. The molecule has 1 rings (SSSR count). The van der Waals surface area contributed by atoms with Crippen molar-refractivity contribution in [3.8, 4) is 0 Å². The van der Waals surface area contributed by atoms with Crippen molar-refractivity contribution in [1.82, 2.24) is 10.6 Å². The molecule has 5 heteroatoms. The lowest BCUT2D eigenvalue weighted by molar-refractivity contribution is 0.515. The second kappa shape index (κ2) is 4.93. The van der Waals surface area contributed by atoms with Crippen molar-refractivity contribution in [2.24, 2.45) is 5.92 Å². The van der Waals surface area contributed by atoms with E-state index in [1.54, 1.807) is 0 Å². The van der Waals surface area contributed by atoms with Crippen LogP contribution in [0.1, 0.15) is 6.92 Å². The topological polar surface area (TPSA) is 58.2 Å². The molecule has 13 heavy (non-hydrogen) atoms. The molecule has 0 bridgehead atoms. The zero-order valence-corrected chi connectivity index (χ0v) is 8.86. The Morgan fingerprint density at radius 1 is 1.15 bits per heavy atom. The van der Waals surface area contributed by atoms with E-state index >= 15 is 0 Å². The first-order chi connectivity index (χ1) is 6.10. The zero-order valence-electron chi connectivity index (χ0n) is 8.04. The van der Waals surface area contributed by atoms with Crippen molar-refractivity contribution in [3.63, 3.8) is 0 Å². The number of hydrogen-bond acceptors (Lipinski definition) is 4. The van der Waals surface area contributed by atoms with E-state index in [1.165, 1.54) is 0 Å². The normalized spacial score (nSPS) is 31.0. The van der Waals surface area contributed by atoms with E-state index in [2.05, 4.69) is 10.6 Å². The van der Waals surface area contributed by atoms with Crippen molar-refractivity contribution >= 4 is 9.84 Å². The molecule has 1 aliphatic heterocycles. The van der Waals surface area contributed by atoms with Crippen molar-refractivity contribution < 1.29 is 8.42 Å². The van der Waals surface area contributed by atoms with Crippen LogP contribution in [0.25, 0.3) is 0 Å². The van der Waals surface area contributed by atoms with Crippen LogP contribution in [0.15, 0.2) is 0 Å². The van der Waals surface area contributed by atoms with E-state index in [4.69, 9.17) is 0 Å². The first kappa shape index (κ1) is 10.9. The Morgan fingerprint density at radius 2 is 1.85 bits per heavy atom. The van der Waals surface area contributed by atoms with Crippen molar-refractivity contribution in [2.75, 3.05) is 37.7 Å². The third-order valence-electron chi connectivity index (χ3n) is 2.10. The minimum absolute atomic E-state index is 0.225. The monoisotopic (exact) mass is 206 g/mol. The molecule has 0 radical (unpaired) electrons. The quantitative estimate of drug-likeness (QED) is 0.546. The molecule has 0 aromatic carbocycles. The summed E-state index contributed by atoms with van der Waals surface area (Å²) in [6.07, 6.45) is 0. The van der Waals surface area contributed by atoms with Crippen LogP contribution >= 0.6 is 0 Å². The molecule has 78 valence electrons. The Labute approximate surface area is 80.0 Å². The molecule has 0 aromatic rings. The van der Waals surface area contributed by atoms with Crippen LogP contribution < -0.4 is 10.6 Å². The first-order valence-corrected chi connectivity index (χ1v) is 6.54. The third kappa shape index (κ3) is 4.59. The molecular formula is C8H18N2O2S. The standard InChI is InChI=1S/C8H18N2O2S/c1-8-6-10-3-2-9-4-5-13(11,12)7-8/h8-10H,2-7H2,1H3. The second-order valence-corrected chi connectivity index (χ2v) is 5.90. The fraction of sp³-hybridized carbons (Fsp3) is 1.00. The lowest BCUT2D eigenvalue weighted by Crippen LogP contribution is -2.37. The zero-order chi connectivity index (χ0) is 9.73. The highest BCUT2D eigenvalue weighted by molar-refractivity contribution is 7.91. The molecule has 0 aliphatic carbocycles. The van der Waals surface area contributed by atoms with E-state index in [0.29, 0.717) is 12.3 Å². The minimum atomic E-state index is -2.83. The van der Waals surface area contributed by atoms with Gasteiger partial charge in [0.1, 0.15) is 0 Å². The van der Waals surface area contributed by atoms with Gasteiger partial charge in [-0.2, -0.15) is 0 Å². The van der Waals surface area contributed by atoms with Gasteiger partial charge in [0.25, 0.3) is 0 Å². The highest BCUT2D eigenvalue weighted by atomic mass is 32.2. The van der Waals surface area contributed by atoms with Gasteiger partial charge in [-0.3, -0.25) is 0 Å². The molecule has 1 unspecified atom stereocenters. The van der Waals surface area contributed by atoms with E-state index in [1.807, 2.05) is 6.92 Å². The van der Waals surface area contributed by atoms with E-state index in [0.717, 1.165) is 19.6 Å². The van der Waals surface area contributed by atoms with Gasteiger partial charge in [0.15, 0.2) is 9.84 Å². The van der Waals surface area contributed by atoms with E-state index in [-0.39, 0.29) is 11.7 Å². The maximum absolute atomic E-state index is 11.4. The molecule has 1 aliphatic rings. The van der Waals surface area contributed by atoms with Gasteiger partial charge in [-0.1, -0.05) is 6.92 Å². The van der Waals surface area contributed by atoms with Gasteiger partial charge in [0, 0.05) is 19.6 Å². The maximum atomic E-state index is 11.4. The Bertz CT molecular complexity index is 239. The predicted octanol–water partition coefficient (Wildman–Crippen LogP) is -0.770. The second-order valence-electron chi connectivity index (χ2n) is 3.67. The van der Waals surface area contributed by atoms with E-state index < -0.39 is 9.84 Å². The molecule has 1 atom stereocenters. The average Bonchev–Trinajstić information content (AvgIpc) is 2.01. The molecule has 4 nitrogen and oxygen atoms in total. The van der Waals surface area contributed by atoms with Crippen LogP contribution in [-0.2, 0) is 9.84 Å². The van der Waals surface area contributed by atoms with Crippen LogP contribution in [0.5, 0.6) is 0 Å². The van der Waals surface area contributed by atoms with Crippen LogP contribution in [0.4, 0.5) is 0 Å². The summed E-state index contributed by atoms with van der Waals surface area (Å²) in [6, 6.07) is 0. The smallest absolute Gasteiger partial charge is 0.151 e. The van der Waals surface area contributed by atoms with Gasteiger partial charge >= 0.3 is 0 Å². The highest BCUT2D eigenvalue weighted by Crippen LogP contribution is 2.01. The maximum Gasteiger partial charge on any atom is 0.151 e. The Kier molecular flexibility index (Phi) is 4.15. The molecule has 1 fully saturated rings. The Balaban J connectivity index is 2.50. The summed E-state index contributed by atoms with van der Waals surface area (Å²) in [5, 5.41) is 6.30. The summed E-state index contributed by atoms with van der Waals surface area (Å²) in [4.78, 5) is 0. The largest absolute Gasteiger partial charge is 0.315 e. The molecule has 2 N–H and O–H groups in total. The number of rotatable bonds is 0. The molecule has 1 saturated heterocycles. The summed E-state index contributed by atoms with van der Waals surface area (Å²) >= 11 is 0. The van der Waals surface area contributed by atoms with Gasteiger partial charge in [0.05, 0.1) is 11.5 Å². The van der Waals surface area contributed by atoms with Gasteiger partial charge in [0.2, 0.25) is 0 Å². The highest BCUT2D eigenvalue weighted by Gasteiger charge is 2.16. The van der Waals surface area contributed by atoms with Crippen LogP contribution in [0.3, 0.4) is 0 Å². The fourth-order valence-corrected chi connectivity index (χ4v) is 3.06. The van der Waals surface area contributed by atoms with Gasteiger partial charge in [-0.05, 0) is 12.5 Å². The lowest BCUT2D eigenvalue weighted by Gasteiger charge is -2.15. The fourth-order valence-electron chi connectivity index (χ4n) is 1.45. The molecule has 0 spiro atoms. The SMILES string of the molecule is CC1CNCCNCCS(=O)(=O)C1. The molecule has 0 aromatic heterocycles. The van der Waals surface area contributed by atoms with Crippen LogP contribution in [0.2, 0.25) is 0 Å². The lowest BCUT2D eigenvalue weighted by atomic mass is 10.2. The summed E-state index contributed by atoms with van der Waals surface area (Å²) in [5.74, 6) is 0.807. The first-order valence-electron chi connectivity index (χ1n) is 4.72. The summed E-state index contributed by atoms with van der Waals surface area (Å²) in [7, 11) is -2.83. The van der Waals surface area contributed by atoms with Crippen molar-refractivity contribution in [1.29, 1.82) is 0 Å². The predicted molar refractivity (Wildman–Crippen MR) is 53.6 cm³/mol. The molecule has 0 amide bonds. The summed E-state index contributed by atoms with van der Waals surface area (Å²) in [6.45, 7) is 5.11. The van der Waals surface area contributed by atoms with Crippen molar-refractivity contribution in [3.05, 3.63) is 0 Å². The Hall–Kier alpha value is -0.130. The number of nitrogens with one attached hydrogen (secondary N) is 2. The van der Waals surface area contributed by atoms with Crippen molar-refractivity contribution in [2.45, 2.75) is 6.92 Å². The third-order valence-corrected chi connectivity index (χ3v) is 4.00. The summed E-state index contributed by atoms with van der Waals surface area (Å²) < 4.78 is 22.9. The summed E-state index contributed by atoms with van der Waals surface area (Å²) in [5.41, 5.74) is 0. The van der Waals surface area contributed by atoms with Gasteiger partial charge in [-0.15, -0.1) is 0 Å². The van der Waals surface area contributed by atoms with Crippen LogP contribution in [-0.4, -0.2) is 46.1 Å². The molecule has 0 saturated carbocycles. The van der Waals surface area contributed by atoms with Gasteiger partial charge < -0.3 is 10.6 Å². The van der Waals surface area contributed by atoms with Gasteiger partial charge in [-0.25, -0.2) is 8.42 Å². The van der Waals surface area contributed by atoms with Crippen LogP contribution in [0, 0.1) is 5.92 Å². The number of sulfone groups is 1. The Morgan fingerprint density at radius 3 is 2.62 bits per heavy atom. The average molecular weight is 206 g/mol. The molecule has 1 heterocycles. The minimum Gasteiger partial charge on any atom is -0.315 e.